The number of benzene rings is 1. The third-order valence-corrected chi connectivity index (χ3v) is 1.97. The molecular weight excluding hydrogens is 220 g/mol. The van der Waals surface area contributed by atoms with E-state index >= 15 is 0 Å². The minimum atomic E-state index is -0.719. The van der Waals surface area contributed by atoms with Crippen LogP contribution in [0.4, 0.5) is 4.79 Å². The molecule has 4 nitrogen and oxygen atoms in total. The summed E-state index contributed by atoms with van der Waals surface area (Å²) in [6, 6.07) is 5.17. The van der Waals surface area contributed by atoms with Gasteiger partial charge in [-0.25, -0.2) is 4.79 Å². The van der Waals surface area contributed by atoms with Gasteiger partial charge in [0.25, 0.3) is 0 Å². The molecule has 0 aliphatic rings. The van der Waals surface area contributed by atoms with E-state index in [0.29, 0.717) is 11.5 Å². The molecule has 0 heterocycles. The number of hydrogen-bond donors (Lipinski definition) is 0. The summed E-state index contributed by atoms with van der Waals surface area (Å²) in [5, 5.41) is 0. The SMILES string of the molecule is COc1cc(OC(=O)OC(C)(C)C)ccc1C. The molecule has 1 aromatic carbocycles. The normalized spacial score (nSPS) is 10.9. The van der Waals surface area contributed by atoms with Crippen LogP contribution in [0.5, 0.6) is 11.5 Å². The van der Waals surface area contributed by atoms with Crippen LogP contribution in [-0.4, -0.2) is 18.9 Å². The molecule has 17 heavy (non-hydrogen) atoms. The number of methoxy groups -OCH3 is 1. The van der Waals surface area contributed by atoms with Crippen molar-refractivity contribution in [2.45, 2.75) is 33.3 Å². The first kappa shape index (κ1) is 13.4. The van der Waals surface area contributed by atoms with Gasteiger partial charge in [0.05, 0.1) is 7.11 Å². The summed E-state index contributed by atoms with van der Waals surface area (Å²) in [5.41, 5.74) is 0.412. The Morgan fingerprint density at radius 3 is 2.41 bits per heavy atom. The molecule has 0 aliphatic carbocycles. The van der Waals surface area contributed by atoms with E-state index < -0.39 is 11.8 Å². The molecule has 0 saturated carbocycles. The quantitative estimate of drug-likeness (QED) is 0.585. The maximum atomic E-state index is 11.4. The van der Waals surface area contributed by atoms with Crippen molar-refractivity contribution in [3.63, 3.8) is 0 Å². The van der Waals surface area contributed by atoms with Crippen LogP contribution in [-0.2, 0) is 4.74 Å². The molecule has 0 amide bonds. The summed E-state index contributed by atoms with van der Waals surface area (Å²) in [6.07, 6.45) is -0.719. The van der Waals surface area contributed by atoms with Crippen molar-refractivity contribution in [1.29, 1.82) is 0 Å². The van der Waals surface area contributed by atoms with Crippen molar-refractivity contribution in [2.75, 3.05) is 7.11 Å². The third-order valence-electron chi connectivity index (χ3n) is 1.97. The Hall–Kier alpha value is -1.71. The maximum Gasteiger partial charge on any atom is 0.514 e. The number of ether oxygens (including phenoxy) is 3. The Bertz CT molecular complexity index is 404. The summed E-state index contributed by atoms with van der Waals surface area (Å²) in [7, 11) is 1.57. The van der Waals surface area contributed by atoms with Crippen molar-refractivity contribution in [3.8, 4) is 11.5 Å². The lowest BCUT2D eigenvalue weighted by Crippen LogP contribution is -2.25. The van der Waals surface area contributed by atoms with Gasteiger partial charge in [0.1, 0.15) is 17.1 Å². The first-order valence-corrected chi connectivity index (χ1v) is 5.37. The van der Waals surface area contributed by atoms with Crippen molar-refractivity contribution < 1.29 is 19.0 Å². The first-order chi connectivity index (χ1) is 7.81. The second-order valence-corrected chi connectivity index (χ2v) is 4.70. The van der Waals surface area contributed by atoms with E-state index in [4.69, 9.17) is 14.2 Å². The average molecular weight is 238 g/mol. The van der Waals surface area contributed by atoms with Gasteiger partial charge in [-0.15, -0.1) is 0 Å². The highest BCUT2D eigenvalue weighted by molar-refractivity contribution is 5.64. The second-order valence-electron chi connectivity index (χ2n) is 4.70. The molecule has 0 unspecified atom stereocenters. The second kappa shape index (κ2) is 5.08. The molecule has 0 atom stereocenters. The van der Waals surface area contributed by atoms with E-state index in [1.54, 1.807) is 40.0 Å². The van der Waals surface area contributed by atoms with Crippen molar-refractivity contribution >= 4 is 6.16 Å². The smallest absolute Gasteiger partial charge is 0.496 e. The Morgan fingerprint density at radius 2 is 1.88 bits per heavy atom. The van der Waals surface area contributed by atoms with E-state index in [2.05, 4.69) is 0 Å². The number of rotatable bonds is 2. The van der Waals surface area contributed by atoms with Crippen LogP contribution in [0.25, 0.3) is 0 Å². The van der Waals surface area contributed by atoms with E-state index in [0.717, 1.165) is 5.56 Å². The van der Waals surface area contributed by atoms with Gasteiger partial charge in [-0.05, 0) is 39.3 Å². The van der Waals surface area contributed by atoms with Gasteiger partial charge in [-0.1, -0.05) is 6.07 Å². The largest absolute Gasteiger partial charge is 0.514 e. The highest BCUT2D eigenvalue weighted by Crippen LogP contribution is 2.24. The van der Waals surface area contributed by atoms with E-state index in [-0.39, 0.29) is 0 Å². The minimum Gasteiger partial charge on any atom is -0.496 e. The fraction of sp³-hybridized carbons (Fsp3) is 0.462. The monoisotopic (exact) mass is 238 g/mol. The highest BCUT2D eigenvalue weighted by Gasteiger charge is 2.18. The highest BCUT2D eigenvalue weighted by atomic mass is 16.7. The Kier molecular flexibility index (Phi) is 3.99. The van der Waals surface area contributed by atoms with Crippen LogP contribution in [0.3, 0.4) is 0 Å². The molecule has 94 valence electrons. The van der Waals surface area contributed by atoms with Gasteiger partial charge < -0.3 is 14.2 Å². The zero-order valence-electron chi connectivity index (χ0n) is 10.9. The molecule has 0 N–H and O–H groups in total. The predicted octanol–water partition coefficient (Wildman–Crippen LogP) is 3.32. The zero-order valence-corrected chi connectivity index (χ0v) is 10.9. The standard InChI is InChI=1S/C13H18O4/c1-9-6-7-10(8-11(9)15-5)16-12(14)17-13(2,3)4/h6-8H,1-5H3. The summed E-state index contributed by atoms with van der Waals surface area (Å²) < 4.78 is 15.2. The number of aryl methyl sites for hydroxylation is 1. The minimum absolute atomic E-state index is 0.404. The zero-order chi connectivity index (χ0) is 13.1. The Labute approximate surface area is 101 Å². The van der Waals surface area contributed by atoms with Gasteiger partial charge in [0, 0.05) is 6.07 Å². The van der Waals surface area contributed by atoms with Crippen LogP contribution in [0.15, 0.2) is 18.2 Å². The van der Waals surface area contributed by atoms with E-state index in [1.165, 1.54) is 0 Å². The van der Waals surface area contributed by atoms with E-state index in [9.17, 15) is 4.79 Å². The summed E-state index contributed by atoms with van der Waals surface area (Å²) in [6.45, 7) is 7.26. The fourth-order valence-electron chi connectivity index (χ4n) is 1.23. The van der Waals surface area contributed by atoms with Crippen LogP contribution in [0.2, 0.25) is 0 Å². The summed E-state index contributed by atoms with van der Waals surface area (Å²) in [5.74, 6) is 1.08. The van der Waals surface area contributed by atoms with Crippen molar-refractivity contribution in [3.05, 3.63) is 23.8 Å². The lowest BCUT2D eigenvalue weighted by atomic mass is 10.2. The maximum absolute atomic E-state index is 11.4. The molecule has 0 aromatic heterocycles. The van der Waals surface area contributed by atoms with Crippen molar-refractivity contribution in [2.24, 2.45) is 0 Å². The molecule has 0 aliphatic heterocycles. The van der Waals surface area contributed by atoms with Crippen LogP contribution in [0, 0.1) is 6.92 Å². The molecule has 4 heteroatoms. The lowest BCUT2D eigenvalue weighted by molar-refractivity contribution is 0.0206. The van der Waals surface area contributed by atoms with Crippen LogP contribution < -0.4 is 9.47 Å². The van der Waals surface area contributed by atoms with Gasteiger partial charge in [-0.3, -0.25) is 0 Å². The Balaban J connectivity index is 2.72. The molecule has 0 bridgehead atoms. The van der Waals surface area contributed by atoms with Gasteiger partial charge in [0.2, 0.25) is 0 Å². The fourth-order valence-corrected chi connectivity index (χ4v) is 1.23. The third kappa shape index (κ3) is 4.34. The van der Waals surface area contributed by atoms with Crippen LogP contribution >= 0.6 is 0 Å². The first-order valence-electron chi connectivity index (χ1n) is 5.37. The van der Waals surface area contributed by atoms with Gasteiger partial charge >= 0.3 is 6.16 Å². The molecule has 1 aromatic rings. The lowest BCUT2D eigenvalue weighted by Gasteiger charge is -2.18. The predicted molar refractivity (Wildman–Crippen MR) is 64.6 cm³/mol. The molecule has 0 saturated heterocycles. The number of carbonyl (C=O) groups excluding carboxylic acids is 1. The molecule has 1 rings (SSSR count). The topological polar surface area (TPSA) is 44.8 Å². The molecular formula is C13H18O4. The average Bonchev–Trinajstić information content (AvgIpc) is 2.18. The summed E-state index contributed by atoms with van der Waals surface area (Å²) >= 11 is 0. The summed E-state index contributed by atoms with van der Waals surface area (Å²) in [4.78, 5) is 11.4. The van der Waals surface area contributed by atoms with E-state index in [1.807, 2.05) is 13.0 Å². The Morgan fingerprint density at radius 1 is 1.24 bits per heavy atom. The van der Waals surface area contributed by atoms with Crippen molar-refractivity contribution in [1.82, 2.24) is 0 Å². The van der Waals surface area contributed by atoms with Gasteiger partial charge in [0.15, 0.2) is 0 Å². The molecule has 0 fully saturated rings. The van der Waals surface area contributed by atoms with Gasteiger partial charge in [-0.2, -0.15) is 0 Å². The molecule has 0 radical (unpaired) electrons. The number of hydrogen-bond acceptors (Lipinski definition) is 4. The van der Waals surface area contributed by atoms with Crippen LogP contribution in [0.1, 0.15) is 26.3 Å². The number of carbonyl (C=O) groups is 1. The molecule has 0 spiro atoms.